The summed E-state index contributed by atoms with van der Waals surface area (Å²) < 4.78 is 0. The van der Waals surface area contributed by atoms with E-state index in [4.69, 9.17) is 0 Å². The predicted octanol–water partition coefficient (Wildman–Crippen LogP) is 3.52. The van der Waals surface area contributed by atoms with Crippen molar-refractivity contribution >= 4 is 23.5 Å². The van der Waals surface area contributed by atoms with Gasteiger partial charge >= 0.3 is 6.03 Å². The van der Waals surface area contributed by atoms with Gasteiger partial charge in [-0.2, -0.15) is 0 Å². The first-order valence-electron chi connectivity index (χ1n) is 9.32. The molecule has 6 heteroatoms. The normalized spacial score (nSPS) is 19.1. The quantitative estimate of drug-likeness (QED) is 0.780. The molecule has 146 valence electrons. The topological polar surface area (TPSA) is 78.5 Å². The van der Waals surface area contributed by atoms with Gasteiger partial charge in [-0.15, -0.1) is 0 Å². The van der Waals surface area contributed by atoms with Gasteiger partial charge in [0.1, 0.15) is 12.1 Å². The largest absolute Gasteiger partial charge is 0.325 e. The summed E-state index contributed by atoms with van der Waals surface area (Å²) in [7, 11) is 0. The van der Waals surface area contributed by atoms with Crippen molar-refractivity contribution in [2.45, 2.75) is 39.2 Å². The van der Waals surface area contributed by atoms with Crippen LogP contribution in [0.4, 0.5) is 10.5 Å². The van der Waals surface area contributed by atoms with E-state index < -0.39 is 23.4 Å². The summed E-state index contributed by atoms with van der Waals surface area (Å²) in [5.74, 6) is -0.486. The molecular weight excluding hydrogens is 354 g/mol. The number of nitrogens with zero attached hydrogens (tertiary/aromatic N) is 1. The van der Waals surface area contributed by atoms with Crippen molar-refractivity contribution in [2.75, 3.05) is 11.9 Å². The predicted molar refractivity (Wildman–Crippen MR) is 108 cm³/mol. The Labute approximate surface area is 164 Å². The number of carbonyl (C=O) groups excluding carboxylic acids is 3. The number of hydrogen-bond donors (Lipinski definition) is 2. The zero-order valence-electron chi connectivity index (χ0n) is 16.6. The molecule has 28 heavy (non-hydrogen) atoms. The van der Waals surface area contributed by atoms with Gasteiger partial charge in [0.15, 0.2) is 0 Å². The van der Waals surface area contributed by atoms with E-state index in [9.17, 15) is 14.4 Å². The second-order valence-corrected chi connectivity index (χ2v) is 7.64. The van der Waals surface area contributed by atoms with Crippen LogP contribution >= 0.6 is 0 Å². The first-order chi connectivity index (χ1) is 13.2. The maximum absolute atomic E-state index is 13.0. The minimum atomic E-state index is -1.18. The van der Waals surface area contributed by atoms with Crippen LogP contribution in [-0.4, -0.2) is 29.3 Å². The van der Waals surface area contributed by atoms with Gasteiger partial charge in [-0.1, -0.05) is 50.2 Å². The summed E-state index contributed by atoms with van der Waals surface area (Å²) in [5.41, 5.74) is 2.29. The first kappa shape index (κ1) is 19.6. The number of rotatable bonds is 5. The van der Waals surface area contributed by atoms with Gasteiger partial charge in [0.05, 0.1) is 0 Å². The lowest BCUT2D eigenvalue weighted by molar-refractivity contribution is -0.133. The maximum atomic E-state index is 13.0. The molecule has 0 radical (unpaired) electrons. The molecule has 1 atom stereocenters. The summed E-state index contributed by atoms with van der Waals surface area (Å²) in [4.78, 5) is 38.7. The van der Waals surface area contributed by atoms with Crippen LogP contribution < -0.4 is 10.6 Å². The second kappa shape index (κ2) is 7.46. The number of amides is 4. The number of carbonyl (C=O) groups is 3. The van der Waals surface area contributed by atoms with E-state index in [2.05, 4.69) is 24.5 Å². The summed E-state index contributed by atoms with van der Waals surface area (Å²) in [6.07, 6.45) is 0. The van der Waals surface area contributed by atoms with Gasteiger partial charge in [0, 0.05) is 5.69 Å². The van der Waals surface area contributed by atoms with Crippen LogP contribution in [0.15, 0.2) is 48.5 Å². The number of urea groups is 1. The van der Waals surface area contributed by atoms with Gasteiger partial charge < -0.3 is 10.6 Å². The van der Waals surface area contributed by atoms with Crippen LogP contribution in [0.2, 0.25) is 0 Å². The highest BCUT2D eigenvalue weighted by atomic mass is 16.2. The fraction of sp³-hybridized carbons (Fsp3) is 0.318. The number of imide groups is 1. The van der Waals surface area contributed by atoms with Gasteiger partial charge in [-0.25, -0.2) is 4.79 Å². The molecule has 2 aromatic rings. The van der Waals surface area contributed by atoms with Crippen LogP contribution in [-0.2, 0) is 15.1 Å². The lowest BCUT2D eigenvalue weighted by Gasteiger charge is -2.22. The lowest BCUT2D eigenvalue weighted by Crippen LogP contribution is -2.42. The van der Waals surface area contributed by atoms with Crippen molar-refractivity contribution in [3.8, 4) is 0 Å². The standard InChI is InChI=1S/C22H25N3O3/c1-14(2)16-8-10-17(11-9-16)22(4)20(27)25(21(28)24-22)13-19(26)23-18-7-5-6-15(3)12-18/h5-12,14H,13H2,1-4H3,(H,23,26)(H,24,28)/t22-/m1/s1. The van der Waals surface area contributed by atoms with Crippen LogP contribution in [0.25, 0.3) is 0 Å². The Morgan fingerprint density at radius 1 is 1.14 bits per heavy atom. The third kappa shape index (κ3) is 3.76. The van der Waals surface area contributed by atoms with E-state index in [1.165, 1.54) is 0 Å². The Morgan fingerprint density at radius 2 is 1.82 bits per heavy atom. The molecule has 3 rings (SSSR count). The van der Waals surface area contributed by atoms with E-state index in [0.717, 1.165) is 16.0 Å². The number of anilines is 1. The van der Waals surface area contributed by atoms with Gasteiger partial charge in [0.2, 0.25) is 5.91 Å². The molecule has 2 aromatic carbocycles. The van der Waals surface area contributed by atoms with Crippen molar-refractivity contribution in [2.24, 2.45) is 0 Å². The molecule has 0 bridgehead atoms. The Hall–Kier alpha value is -3.15. The molecule has 1 saturated heterocycles. The zero-order chi connectivity index (χ0) is 20.5. The highest BCUT2D eigenvalue weighted by Gasteiger charge is 2.49. The summed E-state index contributed by atoms with van der Waals surface area (Å²) in [6.45, 7) is 7.43. The Balaban J connectivity index is 1.74. The van der Waals surface area contributed by atoms with Crippen molar-refractivity contribution in [1.82, 2.24) is 10.2 Å². The summed E-state index contributed by atoms with van der Waals surface area (Å²) >= 11 is 0. The molecular formula is C22H25N3O3. The van der Waals surface area contributed by atoms with Crippen molar-refractivity contribution in [1.29, 1.82) is 0 Å². The average molecular weight is 379 g/mol. The smallest absolute Gasteiger partial charge is 0.325 e. The fourth-order valence-electron chi connectivity index (χ4n) is 3.30. The van der Waals surface area contributed by atoms with E-state index in [-0.39, 0.29) is 6.54 Å². The minimum Gasteiger partial charge on any atom is -0.325 e. The Kier molecular flexibility index (Phi) is 5.23. The average Bonchev–Trinajstić information content (AvgIpc) is 2.86. The molecule has 1 heterocycles. The maximum Gasteiger partial charge on any atom is 0.325 e. The summed E-state index contributed by atoms with van der Waals surface area (Å²) in [6, 6.07) is 14.4. The van der Waals surface area contributed by atoms with Gasteiger partial charge in [-0.05, 0) is 48.6 Å². The molecule has 0 unspecified atom stereocenters. The number of hydrogen-bond acceptors (Lipinski definition) is 3. The molecule has 4 amide bonds. The fourth-order valence-corrected chi connectivity index (χ4v) is 3.30. The number of aryl methyl sites for hydroxylation is 1. The third-order valence-corrected chi connectivity index (χ3v) is 5.03. The van der Waals surface area contributed by atoms with E-state index in [0.29, 0.717) is 17.2 Å². The molecule has 2 N–H and O–H groups in total. The Bertz CT molecular complexity index is 921. The van der Waals surface area contributed by atoms with Crippen LogP contribution in [0, 0.1) is 6.92 Å². The molecule has 6 nitrogen and oxygen atoms in total. The van der Waals surface area contributed by atoms with E-state index >= 15 is 0 Å². The second-order valence-electron chi connectivity index (χ2n) is 7.64. The third-order valence-electron chi connectivity index (χ3n) is 5.03. The van der Waals surface area contributed by atoms with Crippen LogP contribution in [0.3, 0.4) is 0 Å². The molecule has 0 aromatic heterocycles. The molecule has 0 aliphatic carbocycles. The Morgan fingerprint density at radius 3 is 2.43 bits per heavy atom. The molecule has 1 fully saturated rings. The molecule has 1 aliphatic rings. The van der Waals surface area contributed by atoms with Crippen molar-refractivity contribution in [3.05, 3.63) is 65.2 Å². The van der Waals surface area contributed by atoms with Crippen LogP contribution in [0.5, 0.6) is 0 Å². The van der Waals surface area contributed by atoms with Crippen molar-refractivity contribution < 1.29 is 14.4 Å². The van der Waals surface area contributed by atoms with Crippen molar-refractivity contribution in [3.63, 3.8) is 0 Å². The number of benzene rings is 2. The van der Waals surface area contributed by atoms with Crippen LogP contribution in [0.1, 0.15) is 43.4 Å². The highest BCUT2D eigenvalue weighted by molar-refractivity contribution is 6.10. The summed E-state index contributed by atoms with van der Waals surface area (Å²) in [5, 5.41) is 5.46. The lowest BCUT2D eigenvalue weighted by atomic mass is 9.90. The minimum absolute atomic E-state index is 0.335. The number of nitrogens with one attached hydrogen (secondary N) is 2. The molecule has 1 aliphatic heterocycles. The van der Waals surface area contributed by atoms with E-state index in [1.807, 2.05) is 49.4 Å². The zero-order valence-corrected chi connectivity index (χ0v) is 16.6. The van der Waals surface area contributed by atoms with E-state index in [1.54, 1.807) is 13.0 Å². The SMILES string of the molecule is Cc1cccc(NC(=O)CN2C(=O)N[C@](C)(c3ccc(C(C)C)cc3)C2=O)c1. The van der Waals surface area contributed by atoms with Gasteiger partial charge in [0.25, 0.3) is 5.91 Å². The van der Waals surface area contributed by atoms with Gasteiger partial charge in [-0.3, -0.25) is 14.5 Å². The first-order valence-corrected chi connectivity index (χ1v) is 9.32. The highest BCUT2D eigenvalue weighted by Crippen LogP contribution is 2.30. The monoisotopic (exact) mass is 379 g/mol. The molecule has 0 spiro atoms. The molecule has 0 saturated carbocycles.